The molecule has 0 saturated heterocycles. The molecule has 2 N–H and O–H groups in total. The Kier molecular flexibility index (Phi) is 5.35. The van der Waals surface area contributed by atoms with Gasteiger partial charge in [-0.2, -0.15) is 0 Å². The second kappa shape index (κ2) is 7.24. The molecule has 120 valence electrons. The van der Waals surface area contributed by atoms with Gasteiger partial charge >= 0.3 is 0 Å². The van der Waals surface area contributed by atoms with Crippen LogP contribution in [0.3, 0.4) is 0 Å². The summed E-state index contributed by atoms with van der Waals surface area (Å²) in [6.45, 7) is 1.52. The Balaban J connectivity index is 2.04. The van der Waals surface area contributed by atoms with Crippen LogP contribution < -0.4 is 10.5 Å². The standard InChI is InChI=1S/C16H21FN2O3/c1-11(22-14-8-6-12(17)7-9-14)16(21)19(10-15(18)20)13-4-2-3-5-13/h6-9,11,13H,2-5,10H2,1H3,(H2,18,20). The van der Waals surface area contributed by atoms with Gasteiger partial charge in [-0.05, 0) is 44.0 Å². The molecule has 22 heavy (non-hydrogen) atoms. The Bertz CT molecular complexity index is 527. The summed E-state index contributed by atoms with van der Waals surface area (Å²) in [7, 11) is 0. The lowest BCUT2D eigenvalue weighted by atomic mass is 10.2. The van der Waals surface area contributed by atoms with Crippen LogP contribution in [0.2, 0.25) is 0 Å². The number of rotatable bonds is 6. The third kappa shape index (κ3) is 4.19. The average Bonchev–Trinajstić information content (AvgIpc) is 3.00. The van der Waals surface area contributed by atoms with Crippen LogP contribution in [0.1, 0.15) is 32.6 Å². The van der Waals surface area contributed by atoms with E-state index in [1.54, 1.807) is 6.92 Å². The van der Waals surface area contributed by atoms with Gasteiger partial charge in [0.2, 0.25) is 5.91 Å². The van der Waals surface area contributed by atoms with Gasteiger partial charge in [0, 0.05) is 6.04 Å². The first-order valence-corrected chi connectivity index (χ1v) is 7.48. The van der Waals surface area contributed by atoms with E-state index in [0.29, 0.717) is 5.75 Å². The van der Waals surface area contributed by atoms with Crippen molar-refractivity contribution in [1.29, 1.82) is 0 Å². The van der Waals surface area contributed by atoms with Crippen molar-refractivity contribution in [2.24, 2.45) is 5.73 Å². The van der Waals surface area contributed by atoms with Crippen LogP contribution in [0.15, 0.2) is 24.3 Å². The topological polar surface area (TPSA) is 72.6 Å². The number of carbonyl (C=O) groups is 2. The van der Waals surface area contributed by atoms with Gasteiger partial charge in [-0.1, -0.05) is 12.8 Å². The zero-order valence-electron chi connectivity index (χ0n) is 12.6. The summed E-state index contributed by atoms with van der Waals surface area (Å²) in [4.78, 5) is 25.3. The quantitative estimate of drug-likeness (QED) is 0.871. The molecule has 1 atom stereocenters. The number of halogens is 1. The average molecular weight is 308 g/mol. The molecule has 1 aliphatic carbocycles. The summed E-state index contributed by atoms with van der Waals surface area (Å²) < 4.78 is 18.4. The Morgan fingerprint density at radius 2 is 1.91 bits per heavy atom. The molecule has 2 rings (SSSR count). The molecule has 1 aromatic rings. The number of benzene rings is 1. The molecule has 0 bridgehead atoms. The fourth-order valence-corrected chi connectivity index (χ4v) is 2.77. The fraction of sp³-hybridized carbons (Fsp3) is 0.500. The van der Waals surface area contributed by atoms with Gasteiger partial charge in [0.05, 0.1) is 6.54 Å². The zero-order valence-corrected chi connectivity index (χ0v) is 12.6. The predicted molar refractivity (Wildman–Crippen MR) is 79.7 cm³/mol. The number of nitrogens with zero attached hydrogens (tertiary/aromatic N) is 1. The monoisotopic (exact) mass is 308 g/mol. The Morgan fingerprint density at radius 3 is 2.45 bits per heavy atom. The Hall–Kier alpha value is -2.11. The van der Waals surface area contributed by atoms with Crippen molar-refractivity contribution in [3.05, 3.63) is 30.1 Å². The van der Waals surface area contributed by atoms with Crippen molar-refractivity contribution < 1.29 is 18.7 Å². The summed E-state index contributed by atoms with van der Waals surface area (Å²) >= 11 is 0. The lowest BCUT2D eigenvalue weighted by molar-refractivity contribution is -0.143. The molecule has 1 aliphatic rings. The maximum Gasteiger partial charge on any atom is 0.264 e. The van der Waals surface area contributed by atoms with Gasteiger partial charge in [-0.15, -0.1) is 0 Å². The molecule has 5 nitrogen and oxygen atoms in total. The van der Waals surface area contributed by atoms with Gasteiger partial charge in [-0.3, -0.25) is 9.59 Å². The van der Waals surface area contributed by atoms with Crippen LogP contribution >= 0.6 is 0 Å². The molecular weight excluding hydrogens is 287 g/mol. The van der Waals surface area contributed by atoms with E-state index in [4.69, 9.17) is 10.5 Å². The number of hydrogen-bond acceptors (Lipinski definition) is 3. The number of amides is 2. The van der Waals surface area contributed by atoms with Crippen molar-refractivity contribution in [3.8, 4) is 5.75 Å². The summed E-state index contributed by atoms with van der Waals surface area (Å²) in [5, 5.41) is 0. The van der Waals surface area contributed by atoms with Crippen LogP contribution in [0.5, 0.6) is 5.75 Å². The summed E-state index contributed by atoms with van der Waals surface area (Å²) in [6, 6.07) is 5.51. The highest BCUT2D eigenvalue weighted by Gasteiger charge is 2.31. The van der Waals surface area contributed by atoms with Crippen LogP contribution in [-0.4, -0.2) is 35.4 Å². The second-order valence-corrected chi connectivity index (χ2v) is 5.58. The zero-order chi connectivity index (χ0) is 16.1. The Morgan fingerprint density at radius 1 is 1.32 bits per heavy atom. The van der Waals surface area contributed by atoms with Gasteiger partial charge in [0.15, 0.2) is 6.10 Å². The summed E-state index contributed by atoms with van der Waals surface area (Å²) in [5.41, 5.74) is 5.25. The maximum absolute atomic E-state index is 12.9. The molecule has 0 aromatic heterocycles. The minimum atomic E-state index is -0.759. The molecule has 2 amide bonds. The molecule has 6 heteroatoms. The van der Waals surface area contributed by atoms with E-state index >= 15 is 0 Å². The van der Waals surface area contributed by atoms with Gasteiger partial charge in [0.1, 0.15) is 11.6 Å². The number of nitrogens with two attached hydrogens (primary N) is 1. The van der Waals surface area contributed by atoms with Gasteiger partial charge < -0.3 is 15.4 Å². The van der Waals surface area contributed by atoms with Crippen LogP contribution in [0.25, 0.3) is 0 Å². The Labute approximate surface area is 129 Å². The molecular formula is C16H21FN2O3. The van der Waals surface area contributed by atoms with Crippen molar-refractivity contribution in [1.82, 2.24) is 4.90 Å². The van der Waals surface area contributed by atoms with Crippen LogP contribution in [0, 0.1) is 5.82 Å². The second-order valence-electron chi connectivity index (χ2n) is 5.58. The molecule has 1 unspecified atom stereocenters. The van der Waals surface area contributed by atoms with Crippen LogP contribution in [-0.2, 0) is 9.59 Å². The number of hydrogen-bond donors (Lipinski definition) is 1. The molecule has 1 saturated carbocycles. The largest absolute Gasteiger partial charge is 0.481 e. The minimum Gasteiger partial charge on any atom is -0.481 e. The fourth-order valence-electron chi connectivity index (χ4n) is 2.77. The number of ether oxygens (including phenoxy) is 1. The van der Waals surface area contributed by atoms with Crippen molar-refractivity contribution in [2.75, 3.05) is 6.54 Å². The predicted octanol–water partition coefficient (Wildman–Crippen LogP) is 1.85. The first-order valence-electron chi connectivity index (χ1n) is 7.48. The SMILES string of the molecule is CC(Oc1ccc(F)cc1)C(=O)N(CC(N)=O)C1CCCC1. The molecule has 1 fully saturated rings. The number of carbonyl (C=O) groups excluding carboxylic acids is 2. The number of primary amides is 1. The van der Waals surface area contributed by atoms with E-state index in [0.717, 1.165) is 25.7 Å². The smallest absolute Gasteiger partial charge is 0.264 e. The van der Waals surface area contributed by atoms with E-state index in [1.165, 1.54) is 29.2 Å². The van der Waals surface area contributed by atoms with Gasteiger partial charge in [0.25, 0.3) is 5.91 Å². The minimum absolute atomic E-state index is 0.0410. The normalized spacial score (nSPS) is 16.3. The third-order valence-electron chi connectivity index (χ3n) is 3.85. The molecule has 0 spiro atoms. The first-order chi connectivity index (χ1) is 10.5. The first kappa shape index (κ1) is 16.3. The molecule has 0 aliphatic heterocycles. The maximum atomic E-state index is 12.9. The van der Waals surface area contributed by atoms with E-state index in [-0.39, 0.29) is 24.3 Å². The van der Waals surface area contributed by atoms with E-state index in [2.05, 4.69) is 0 Å². The summed E-state index contributed by atoms with van der Waals surface area (Å²) in [5.74, 6) is -0.760. The molecule has 0 heterocycles. The molecule has 0 radical (unpaired) electrons. The van der Waals surface area contributed by atoms with Gasteiger partial charge in [-0.25, -0.2) is 4.39 Å². The van der Waals surface area contributed by atoms with Crippen molar-refractivity contribution >= 4 is 11.8 Å². The van der Waals surface area contributed by atoms with E-state index in [9.17, 15) is 14.0 Å². The lowest BCUT2D eigenvalue weighted by Crippen LogP contribution is -2.49. The summed E-state index contributed by atoms with van der Waals surface area (Å²) in [6.07, 6.45) is 3.08. The van der Waals surface area contributed by atoms with Crippen molar-refractivity contribution in [2.45, 2.75) is 44.8 Å². The highest BCUT2D eigenvalue weighted by Crippen LogP contribution is 2.24. The third-order valence-corrected chi connectivity index (χ3v) is 3.85. The van der Waals surface area contributed by atoms with E-state index in [1.807, 2.05) is 0 Å². The highest BCUT2D eigenvalue weighted by molar-refractivity contribution is 5.86. The van der Waals surface area contributed by atoms with E-state index < -0.39 is 12.0 Å². The van der Waals surface area contributed by atoms with Crippen molar-refractivity contribution in [3.63, 3.8) is 0 Å². The van der Waals surface area contributed by atoms with Crippen LogP contribution in [0.4, 0.5) is 4.39 Å². The molecule has 1 aromatic carbocycles. The highest BCUT2D eigenvalue weighted by atomic mass is 19.1. The lowest BCUT2D eigenvalue weighted by Gasteiger charge is -2.30.